The molecule has 1 aromatic rings. The van der Waals surface area contributed by atoms with Gasteiger partial charge in [0.15, 0.2) is 17.7 Å². The second kappa shape index (κ2) is 7.20. The number of amides is 3. The van der Waals surface area contributed by atoms with Crippen LogP contribution in [0.3, 0.4) is 0 Å². The largest absolute Gasteiger partial charge is 0.481 e. The molecule has 2 rings (SSSR count). The summed E-state index contributed by atoms with van der Waals surface area (Å²) in [7, 11) is 0. The quantitative estimate of drug-likeness (QED) is 0.897. The van der Waals surface area contributed by atoms with Crippen molar-refractivity contribution in [2.24, 2.45) is 0 Å². The fraction of sp³-hybridized carbons (Fsp3) is 0.467. The fourth-order valence-corrected chi connectivity index (χ4v) is 2.31. The minimum atomic E-state index is -1.07. The lowest BCUT2D eigenvalue weighted by atomic mass is 10.2. The van der Waals surface area contributed by atoms with E-state index in [0.717, 1.165) is 37.8 Å². The van der Waals surface area contributed by atoms with Gasteiger partial charge in [0.25, 0.3) is 5.91 Å². The van der Waals surface area contributed by atoms with Gasteiger partial charge < -0.3 is 10.1 Å². The maximum atomic E-state index is 13.0. The smallest absolute Gasteiger partial charge is 0.321 e. The molecule has 2 N–H and O–H groups in total. The zero-order valence-electron chi connectivity index (χ0n) is 12.2. The predicted octanol–water partition coefficient (Wildman–Crippen LogP) is 2.50. The third-order valence-corrected chi connectivity index (χ3v) is 3.50. The molecule has 0 aliphatic heterocycles. The summed E-state index contributed by atoms with van der Waals surface area (Å²) in [5.41, 5.74) is 0. The first-order valence-corrected chi connectivity index (χ1v) is 7.19. The fourth-order valence-electron chi connectivity index (χ4n) is 2.31. The van der Waals surface area contributed by atoms with Gasteiger partial charge in [-0.2, -0.15) is 0 Å². The standard InChI is InChI=1S/C15H18F2N2O3/c1-9(22-11-6-7-12(16)13(17)8-11)14(20)19-15(21)18-10-4-2-3-5-10/h6-10H,2-5H2,1H3,(H2,18,19,20,21)/t9-/m0/s1. The van der Waals surface area contributed by atoms with Crippen molar-refractivity contribution in [2.75, 3.05) is 0 Å². The summed E-state index contributed by atoms with van der Waals surface area (Å²) >= 11 is 0. The molecule has 1 aromatic carbocycles. The Morgan fingerprint density at radius 1 is 1.23 bits per heavy atom. The van der Waals surface area contributed by atoms with Gasteiger partial charge in [-0.15, -0.1) is 0 Å². The highest BCUT2D eigenvalue weighted by atomic mass is 19.2. The van der Waals surface area contributed by atoms with Crippen LogP contribution in [0.25, 0.3) is 0 Å². The van der Waals surface area contributed by atoms with Crippen LogP contribution in [0.4, 0.5) is 13.6 Å². The molecule has 3 amide bonds. The van der Waals surface area contributed by atoms with E-state index >= 15 is 0 Å². The van der Waals surface area contributed by atoms with Crippen LogP contribution < -0.4 is 15.4 Å². The number of halogens is 2. The number of ether oxygens (including phenoxy) is 1. The number of hydrogen-bond acceptors (Lipinski definition) is 3. The van der Waals surface area contributed by atoms with E-state index in [4.69, 9.17) is 4.74 Å². The number of carbonyl (C=O) groups is 2. The summed E-state index contributed by atoms with van der Waals surface area (Å²) in [6.07, 6.45) is 2.92. The van der Waals surface area contributed by atoms with Crippen LogP contribution in [0.15, 0.2) is 18.2 Å². The van der Waals surface area contributed by atoms with Crippen LogP contribution in [0.1, 0.15) is 32.6 Å². The minimum Gasteiger partial charge on any atom is -0.481 e. The second-order valence-corrected chi connectivity index (χ2v) is 5.28. The lowest BCUT2D eigenvalue weighted by Crippen LogP contribution is -2.47. The molecule has 7 heteroatoms. The normalized spacial score (nSPS) is 16.1. The van der Waals surface area contributed by atoms with Gasteiger partial charge in [-0.05, 0) is 31.9 Å². The van der Waals surface area contributed by atoms with Crippen molar-refractivity contribution in [2.45, 2.75) is 44.8 Å². The molecule has 1 saturated carbocycles. The number of benzene rings is 1. The second-order valence-electron chi connectivity index (χ2n) is 5.28. The molecule has 0 aromatic heterocycles. The van der Waals surface area contributed by atoms with Crippen molar-refractivity contribution in [1.29, 1.82) is 0 Å². The first kappa shape index (κ1) is 16.2. The van der Waals surface area contributed by atoms with Crippen molar-refractivity contribution in [3.8, 4) is 5.75 Å². The average molecular weight is 312 g/mol. The topological polar surface area (TPSA) is 67.4 Å². The summed E-state index contributed by atoms with van der Waals surface area (Å²) in [4.78, 5) is 23.5. The van der Waals surface area contributed by atoms with Gasteiger partial charge in [0.05, 0.1) is 0 Å². The van der Waals surface area contributed by atoms with Crippen LogP contribution in [0.2, 0.25) is 0 Å². The Morgan fingerprint density at radius 2 is 1.91 bits per heavy atom. The molecule has 5 nitrogen and oxygen atoms in total. The van der Waals surface area contributed by atoms with Crippen molar-refractivity contribution in [3.63, 3.8) is 0 Å². The first-order chi connectivity index (χ1) is 10.5. The van der Waals surface area contributed by atoms with Crippen LogP contribution in [-0.2, 0) is 4.79 Å². The maximum Gasteiger partial charge on any atom is 0.321 e. The first-order valence-electron chi connectivity index (χ1n) is 7.19. The molecule has 0 unspecified atom stereocenters. The molecule has 0 bridgehead atoms. The third kappa shape index (κ3) is 4.41. The zero-order chi connectivity index (χ0) is 16.1. The van der Waals surface area contributed by atoms with E-state index in [1.807, 2.05) is 0 Å². The summed E-state index contributed by atoms with van der Waals surface area (Å²) in [5.74, 6) is -2.71. The lowest BCUT2D eigenvalue weighted by molar-refractivity contribution is -0.126. The van der Waals surface area contributed by atoms with Gasteiger partial charge >= 0.3 is 6.03 Å². The highest BCUT2D eigenvalue weighted by molar-refractivity contribution is 5.96. The molecule has 0 spiro atoms. The summed E-state index contributed by atoms with van der Waals surface area (Å²) in [6.45, 7) is 1.42. The zero-order valence-corrected chi connectivity index (χ0v) is 12.2. The Morgan fingerprint density at radius 3 is 2.55 bits per heavy atom. The van der Waals surface area contributed by atoms with Crippen molar-refractivity contribution in [1.82, 2.24) is 10.6 Å². The van der Waals surface area contributed by atoms with E-state index in [1.54, 1.807) is 0 Å². The Balaban J connectivity index is 1.83. The van der Waals surface area contributed by atoms with Gasteiger partial charge in [0.2, 0.25) is 0 Å². The lowest BCUT2D eigenvalue weighted by Gasteiger charge is -2.16. The molecule has 1 fully saturated rings. The Kier molecular flexibility index (Phi) is 5.30. The van der Waals surface area contributed by atoms with Crippen LogP contribution in [0.5, 0.6) is 5.75 Å². The molecule has 120 valence electrons. The molecule has 1 aliphatic rings. The van der Waals surface area contributed by atoms with Crippen molar-refractivity contribution in [3.05, 3.63) is 29.8 Å². The minimum absolute atomic E-state index is 0.0118. The van der Waals surface area contributed by atoms with E-state index in [-0.39, 0.29) is 11.8 Å². The monoisotopic (exact) mass is 312 g/mol. The van der Waals surface area contributed by atoms with Crippen LogP contribution >= 0.6 is 0 Å². The molecule has 1 aliphatic carbocycles. The molecule has 0 saturated heterocycles. The molecular formula is C15H18F2N2O3. The van der Waals surface area contributed by atoms with E-state index < -0.39 is 29.7 Å². The number of nitrogens with one attached hydrogen (secondary N) is 2. The SMILES string of the molecule is C[C@H](Oc1ccc(F)c(F)c1)C(=O)NC(=O)NC1CCCC1. The Bertz CT molecular complexity index is 560. The Hall–Kier alpha value is -2.18. The number of urea groups is 1. The van der Waals surface area contributed by atoms with Gasteiger partial charge in [-0.25, -0.2) is 13.6 Å². The van der Waals surface area contributed by atoms with E-state index in [2.05, 4.69) is 10.6 Å². The molecule has 0 heterocycles. The average Bonchev–Trinajstić information content (AvgIpc) is 2.95. The summed E-state index contributed by atoms with van der Waals surface area (Å²) in [6, 6.07) is 2.48. The number of carbonyl (C=O) groups excluding carboxylic acids is 2. The van der Waals surface area contributed by atoms with E-state index in [1.165, 1.54) is 13.0 Å². The predicted molar refractivity (Wildman–Crippen MR) is 75.4 cm³/mol. The molecular weight excluding hydrogens is 294 g/mol. The molecule has 22 heavy (non-hydrogen) atoms. The van der Waals surface area contributed by atoms with E-state index in [0.29, 0.717) is 0 Å². The third-order valence-electron chi connectivity index (χ3n) is 3.50. The summed E-state index contributed by atoms with van der Waals surface area (Å²) < 4.78 is 31.0. The van der Waals surface area contributed by atoms with Gasteiger partial charge in [-0.1, -0.05) is 12.8 Å². The maximum absolute atomic E-state index is 13.0. The van der Waals surface area contributed by atoms with Crippen LogP contribution in [0, 0.1) is 11.6 Å². The van der Waals surface area contributed by atoms with E-state index in [9.17, 15) is 18.4 Å². The van der Waals surface area contributed by atoms with Gasteiger partial charge in [-0.3, -0.25) is 10.1 Å². The highest BCUT2D eigenvalue weighted by Crippen LogP contribution is 2.18. The number of imide groups is 1. The van der Waals surface area contributed by atoms with Gasteiger partial charge in [0, 0.05) is 12.1 Å². The molecule has 0 radical (unpaired) electrons. The summed E-state index contributed by atoms with van der Waals surface area (Å²) in [5, 5.41) is 4.88. The highest BCUT2D eigenvalue weighted by Gasteiger charge is 2.21. The van der Waals surface area contributed by atoms with Gasteiger partial charge in [0.1, 0.15) is 5.75 Å². The van der Waals surface area contributed by atoms with Crippen molar-refractivity contribution < 1.29 is 23.1 Å². The van der Waals surface area contributed by atoms with Crippen LogP contribution in [-0.4, -0.2) is 24.1 Å². The number of hydrogen-bond donors (Lipinski definition) is 2. The molecule has 1 atom stereocenters. The van der Waals surface area contributed by atoms with Crippen molar-refractivity contribution >= 4 is 11.9 Å². The number of rotatable bonds is 4. The Labute approximate surface area is 127 Å².